The first kappa shape index (κ1) is 24.8. The molecule has 1 saturated carbocycles. The number of alkyl halides is 1. The lowest BCUT2D eigenvalue weighted by Crippen LogP contribution is -2.20. The fourth-order valence-corrected chi connectivity index (χ4v) is 4.19. The zero-order chi connectivity index (χ0) is 24.3. The van der Waals surface area contributed by atoms with E-state index >= 15 is 0 Å². The lowest BCUT2D eigenvalue weighted by molar-refractivity contribution is 0.190. The van der Waals surface area contributed by atoms with E-state index in [0.29, 0.717) is 16.0 Å². The second-order valence-corrected chi connectivity index (χ2v) is 9.36. The van der Waals surface area contributed by atoms with Gasteiger partial charge in [0, 0.05) is 11.8 Å². The van der Waals surface area contributed by atoms with Crippen molar-refractivity contribution in [2.75, 3.05) is 5.73 Å². The van der Waals surface area contributed by atoms with Gasteiger partial charge in [-0.05, 0) is 50.3 Å². The van der Waals surface area contributed by atoms with Crippen LogP contribution in [0.25, 0.3) is 27.9 Å². The maximum Gasteiger partial charge on any atom is 0.214 e. The average molecular weight is 472 g/mol. The highest BCUT2D eigenvalue weighted by molar-refractivity contribution is 7.71. The van der Waals surface area contributed by atoms with Crippen molar-refractivity contribution in [2.24, 2.45) is 5.41 Å². The third-order valence-corrected chi connectivity index (χ3v) is 6.03. The number of halogens is 1. The van der Waals surface area contributed by atoms with Gasteiger partial charge in [-0.15, -0.1) is 0 Å². The summed E-state index contributed by atoms with van der Waals surface area (Å²) in [6.07, 6.45) is 5.20. The Morgan fingerprint density at radius 2 is 1.85 bits per heavy atom. The number of aromatic amines is 1. The molecule has 33 heavy (non-hydrogen) atoms. The van der Waals surface area contributed by atoms with E-state index in [4.69, 9.17) is 22.9 Å². The highest BCUT2D eigenvalue weighted by Crippen LogP contribution is 2.39. The van der Waals surface area contributed by atoms with Crippen molar-refractivity contribution >= 4 is 34.8 Å². The molecule has 1 atom stereocenters. The molecule has 3 N–H and O–H groups in total. The molecule has 4 heterocycles. The summed E-state index contributed by atoms with van der Waals surface area (Å²) in [6.45, 7) is 12.2. The van der Waals surface area contributed by atoms with Crippen molar-refractivity contribution in [2.45, 2.75) is 73.5 Å². The lowest BCUT2D eigenvalue weighted by Gasteiger charge is -2.33. The maximum absolute atomic E-state index is 13.5. The van der Waals surface area contributed by atoms with Gasteiger partial charge in [-0.25, -0.2) is 19.3 Å². The number of aryl methyl sites for hydroxylation is 1. The third-order valence-electron chi connectivity index (χ3n) is 5.75. The van der Waals surface area contributed by atoms with Crippen LogP contribution in [0, 0.1) is 17.0 Å². The number of aromatic nitrogens is 6. The number of fused-ring (bicyclic) bond motifs is 2. The Morgan fingerprint density at radius 3 is 2.42 bits per heavy atom. The number of hydrogen-bond acceptors (Lipinski definition) is 5. The normalized spacial score (nSPS) is 15.2. The monoisotopic (exact) mass is 471 g/mol. The van der Waals surface area contributed by atoms with Crippen LogP contribution in [0.1, 0.15) is 59.7 Å². The SMILES string of the molecule is CC.CC1(C)CCC1.Cc1nc2ccc(-c3ccn4[nH]c(N)nc(=S)c34)nc2n1CC(C)F. The number of anilines is 1. The highest BCUT2D eigenvalue weighted by atomic mass is 32.1. The smallest absolute Gasteiger partial charge is 0.214 e. The van der Waals surface area contributed by atoms with Crippen LogP contribution in [-0.2, 0) is 6.54 Å². The first-order valence-corrected chi connectivity index (χ1v) is 11.9. The molecule has 1 aliphatic carbocycles. The van der Waals surface area contributed by atoms with Gasteiger partial charge in [-0.1, -0.05) is 46.3 Å². The van der Waals surface area contributed by atoms with Crippen molar-refractivity contribution < 1.29 is 4.39 Å². The van der Waals surface area contributed by atoms with Crippen molar-refractivity contribution in [3.63, 3.8) is 0 Å². The summed E-state index contributed by atoms with van der Waals surface area (Å²) in [6, 6.07) is 5.64. The number of imidazole rings is 1. The van der Waals surface area contributed by atoms with Crippen LogP contribution in [0.2, 0.25) is 0 Å². The molecule has 0 bridgehead atoms. The van der Waals surface area contributed by atoms with E-state index in [-0.39, 0.29) is 12.5 Å². The molecule has 4 aromatic rings. The molecule has 1 unspecified atom stereocenters. The lowest BCUT2D eigenvalue weighted by atomic mass is 9.72. The van der Waals surface area contributed by atoms with E-state index < -0.39 is 6.17 Å². The molecular formula is C24H34FN7S. The number of rotatable bonds is 3. The third kappa shape index (κ3) is 5.40. The van der Waals surface area contributed by atoms with Gasteiger partial charge < -0.3 is 10.3 Å². The first-order chi connectivity index (χ1) is 15.6. The molecule has 0 radical (unpaired) electrons. The van der Waals surface area contributed by atoms with Crippen LogP contribution in [-0.4, -0.2) is 35.3 Å². The minimum absolute atomic E-state index is 0.216. The topological polar surface area (TPSA) is 89.8 Å². The number of pyridine rings is 1. The van der Waals surface area contributed by atoms with Gasteiger partial charge in [0.1, 0.15) is 23.0 Å². The van der Waals surface area contributed by atoms with Gasteiger partial charge in [-0.3, -0.25) is 9.61 Å². The van der Waals surface area contributed by atoms with Gasteiger partial charge in [0.2, 0.25) is 5.95 Å². The summed E-state index contributed by atoms with van der Waals surface area (Å²) in [5.41, 5.74) is 10.1. The van der Waals surface area contributed by atoms with Gasteiger partial charge in [-0.2, -0.15) is 0 Å². The van der Waals surface area contributed by atoms with E-state index in [0.717, 1.165) is 27.8 Å². The van der Waals surface area contributed by atoms with Crippen LogP contribution in [0.15, 0.2) is 24.4 Å². The first-order valence-electron chi connectivity index (χ1n) is 11.5. The number of hydrogen-bond donors (Lipinski definition) is 2. The van der Waals surface area contributed by atoms with Crippen LogP contribution in [0.4, 0.5) is 10.3 Å². The second kappa shape index (κ2) is 9.99. The summed E-state index contributed by atoms with van der Waals surface area (Å²) >= 11 is 5.34. The van der Waals surface area contributed by atoms with Crippen LogP contribution in [0.5, 0.6) is 0 Å². The minimum Gasteiger partial charge on any atom is -0.368 e. The summed E-state index contributed by atoms with van der Waals surface area (Å²) in [7, 11) is 0. The number of H-pyrrole nitrogens is 1. The predicted octanol–water partition coefficient (Wildman–Crippen LogP) is 6.27. The molecule has 7 nitrogen and oxygen atoms in total. The van der Waals surface area contributed by atoms with Crippen LogP contribution < -0.4 is 5.73 Å². The number of nitrogens with zero attached hydrogens (tertiary/aromatic N) is 5. The fourth-order valence-electron chi connectivity index (χ4n) is 3.88. The highest BCUT2D eigenvalue weighted by Gasteiger charge is 2.25. The maximum atomic E-state index is 13.5. The number of nitrogen functional groups attached to an aromatic ring is 1. The molecule has 0 spiro atoms. The minimum atomic E-state index is -0.988. The van der Waals surface area contributed by atoms with Crippen molar-refractivity contribution in [3.05, 3.63) is 34.9 Å². The molecule has 0 aromatic carbocycles. The van der Waals surface area contributed by atoms with E-state index in [1.807, 2.05) is 45.2 Å². The molecule has 1 fully saturated rings. The molecule has 0 saturated heterocycles. The Balaban J connectivity index is 0.000000329. The quantitative estimate of drug-likeness (QED) is 0.343. The van der Waals surface area contributed by atoms with Crippen molar-refractivity contribution in [1.29, 1.82) is 0 Å². The molecule has 0 aliphatic heterocycles. The Kier molecular flexibility index (Phi) is 7.51. The van der Waals surface area contributed by atoms with Gasteiger partial charge in [0.25, 0.3) is 0 Å². The van der Waals surface area contributed by atoms with Gasteiger partial charge >= 0.3 is 0 Å². The summed E-state index contributed by atoms with van der Waals surface area (Å²) in [5.74, 6) is 0.978. The Bertz CT molecular complexity index is 1290. The van der Waals surface area contributed by atoms with Crippen LogP contribution in [0.3, 0.4) is 0 Å². The second-order valence-electron chi connectivity index (χ2n) is 8.97. The van der Waals surface area contributed by atoms with Crippen LogP contribution >= 0.6 is 12.2 Å². The average Bonchev–Trinajstić information content (AvgIpc) is 3.29. The molecule has 0 amide bonds. The zero-order valence-electron chi connectivity index (χ0n) is 20.3. The molecule has 178 valence electrons. The molecule has 4 aromatic heterocycles. The van der Waals surface area contributed by atoms with Crippen molar-refractivity contribution in [3.8, 4) is 11.3 Å². The Labute approximate surface area is 199 Å². The largest absolute Gasteiger partial charge is 0.368 e. The van der Waals surface area contributed by atoms with E-state index in [1.54, 1.807) is 9.08 Å². The van der Waals surface area contributed by atoms with Gasteiger partial charge in [0.15, 0.2) is 10.3 Å². The fraction of sp³-hybridized carbons (Fsp3) is 0.500. The molecular weight excluding hydrogens is 437 g/mol. The van der Waals surface area contributed by atoms with E-state index in [1.165, 1.54) is 26.2 Å². The summed E-state index contributed by atoms with van der Waals surface area (Å²) < 4.78 is 17.4. The molecule has 1 aliphatic rings. The van der Waals surface area contributed by atoms with E-state index in [2.05, 4.69) is 28.9 Å². The summed E-state index contributed by atoms with van der Waals surface area (Å²) in [4.78, 5) is 13.3. The molecule has 9 heteroatoms. The summed E-state index contributed by atoms with van der Waals surface area (Å²) in [5, 5.41) is 2.92. The zero-order valence-corrected chi connectivity index (χ0v) is 21.1. The predicted molar refractivity (Wildman–Crippen MR) is 136 cm³/mol. The number of nitrogens with one attached hydrogen (secondary N) is 1. The standard InChI is InChI=1S/C16H16FN7S.C6H12.C2H6/c1-8(17)7-23-9(2)19-12-4-3-11(20-14(12)23)10-5-6-24-13(10)15(25)21-16(18)22-24;1-6(2)4-3-5-6;1-2/h3-6,8H,7H2,1-2H3,(H3,18,21,22,25);3-5H2,1-2H3;1-2H3. The Hall–Kier alpha value is -2.81. The Morgan fingerprint density at radius 1 is 1.18 bits per heavy atom. The van der Waals surface area contributed by atoms with Gasteiger partial charge in [0.05, 0.1) is 12.2 Å². The van der Waals surface area contributed by atoms with E-state index in [9.17, 15) is 4.39 Å². The molecule has 5 rings (SSSR count). The number of nitrogens with two attached hydrogens (primary N) is 1. The van der Waals surface area contributed by atoms with Crippen molar-refractivity contribution in [1.82, 2.24) is 29.1 Å².